The van der Waals surface area contributed by atoms with E-state index in [0.29, 0.717) is 18.5 Å². The number of aromatic nitrogens is 2. The fraction of sp³-hybridized carbons (Fsp3) is 0.222. The third-order valence-corrected chi connectivity index (χ3v) is 3.96. The van der Waals surface area contributed by atoms with E-state index in [1.807, 2.05) is 28.8 Å². The van der Waals surface area contributed by atoms with Gasteiger partial charge in [0.05, 0.1) is 23.4 Å². The summed E-state index contributed by atoms with van der Waals surface area (Å²) >= 11 is 0. The Labute approximate surface area is 138 Å². The molecule has 3 aromatic rings. The van der Waals surface area contributed by atoms with E-state index in [1.54, 1.807) is 19.3 Å². The molecule has 0 aliphatic rings. The molecule has 0 saturated carbocycles. The third-order valence-electron chi connectivity index (χ3n) is 3.96. The smallest absolute Gasteiger partial charge is 0.222 e. The van der Waals surface area contributed by atoms with Crippen LogP contribution in [0.25, 0.3) is 11.0 Å². The first-order chi connectivity index (χ1) is 11.5. The van der Waals surface area contributed by atoms with Crippen molar-refractivity contribution in [3.63, 3.8) is 0 Å². The van der Waals surface area contributed by atoms with E-state index in [4.69, 9.17) is 0 Å². The number of aryl methyl sites for hydroxylation is 1. The van der Waals surface area contributed by atoms with E-state index in [9.17, 15) is 14.3 Å². The molecule has 1 amide bonds. The van der Waals surface area contributed by atoms with Crippen LogP contribution in [0.1, 0.15) is 24.9 Å². The van der Waals surface area contributed by atoms with Gasteiger partial charge in [-0.2, -0.15) is 0 Å². The Kier molecular flexibility index (Phi) is 4.46. The summed E-state index contributed by atoms with van der Waals surface area (Å²) in [5.74, 6) is -1.23. The van der Waals surface area contributed by atoms with Crippen LogP contribution in [-0.4, -0.2) is 20.6 Å². The average Bonchev–Trinajstić information content (AvgIpc) is 2.98. The molecule has 0 spiro atoms. The monoisotopic (exact) mass is 327 g/mol. The van der Waals surface area contributed by atoms with Gasteiger partial charge in [-0.15, -0.1) is 0 Å². The Balaban J connectivity index is 1.60. The van der Waals surface area contributed by atoms with Crippen LogP contribution < -0.4 is 5.32 Å². The number of rotatable bonds is 5. The number of halogens is 1. The Hall–Kier alpha value is -2.89. The summed E-state index contributed by atoms with van der Waals surface area (Å²) in [6, 6.07) is 11.5. The number of amides is 1. The second-order valence-corrected chi connectivity index (χ2v) is 5.68. The predicted molar refractivity (Wildman–Crippen MR) is 89.0 cm³/mol. The van der Waals surface area contributed by atoms with E-state index in [0.717, 1.165) is 11.0 Å². The summed E-state index contributed by atoms with van der Waals surface area (Å²) in [5, 5.41) is 12.0. The number of aromatic hydroxyl groups is 1. The first-order valence-electron chi connectivity index (χ1n) is 7.72. The van der Waals surface area contributed by atoms with Crippen LogP contribution in [0.15, 0.2) is 48.8 Å². The van der Waals surface area contributed by atoms with Crippen LogP contribution in [0, 0.1) is 5.82 Å². The van der Waals surface area contributed by atoms with Crippen LogP contribution in [-0.2, 0) is 11.3 Å². The Morgan fingerprint density at radius 3 is 2.92 bits per heavy atom. The number of benzene rings is 2. The summed E-state index contributed by atoms with van der Waals surface area (Å²) in [6.07, 6.45) is 2.02. The molecule has 0 fully saturated rings. The molecule has 0 radical (unpaired) electrons. The van der Waals surface area contributed by atoms with Crippen molar-refractivity contribution in [1.29, 1.82) is 0 Å². The number of carbonyl (C=O) groups excluding carboxylic acids is 1. The van der Waals surface area contributed by atoms with Gasteiger partial charge in [-0.05, 0) is 36.8 Å². The van der Waals surface area contributed by atoms with Crippen molar-refractivity contribution in [2.24, 2.45) is 0 Å². The minimum atomic E-state index is -0.696. The number of phenolic OH excluding ortho intramolecular Hbond substituents is 1. The highest BCUT2D eigenvalue weighted by Gasteiger charge is 2.12. The van der Waals surface area contributed by atoms with Crippen molar-refractivity contribution in [2.45, 2.75) is 25.9 Å². The maximum absolute atomic E-state index is 13.4. The second kappa shape index (κ2) is 6.70. The fourth-order valence-corrected chi connectivity index (χ4v) is 2.60. The number of phenols is 1. The van der Waals surface area contributed by atoms with Crippen LogP contribution in [0.4, 0.5) is 4.39 Å². The first kappa shape index (κ1) is 16.0. The number of fused-ring (bicyclic) bond motifs is 1. The first-order valence-corrected chi connectivity index (χ1v) is 7.72. The summed E-state index contributed by atoms with van der Waals surface area (Å²) in [4.78, 5) is 16.4. The average molecular weight is 327 g/mol. The summed E-state index contributed by atoms with van der Waals surface area (Å²) in [5.41, 5.74) is 2.48. The lowest BCUT2D eigenvalue weighted by Gasteiger charge is -2.15. The topological polar surface area (TPSA) is 67.2 Å². The van der Waals surface area contributed by atoms with Crippen LogP contribution >= 0.6 is 0 Å². The van der Waals surface area contributed by atoms with Gasteiger partial charge >= 0.3 is 0 Å². The highest BCUT2D eigenvalue weighted by Crippen LogP contribution is 2.20. The molecular weight excluding hydrogens is 309 g/mol. The lowest BCUT2D eigenvalue weighted by Crippen LogP contribution is -2.27. The highest BCUT2D eigenvalue weighted by atomic mass is 19.1. The largest absolute Gasteiger partial charge is 0.505 e. The van der Waals surface area contributed by atoms with E-state index in [2.05, 4.69) is 10.3 Å². The van der Waals surface area contributed by atoms with Gasteiger partial charge in [-0.3, -0.25) is 4.79 Å². The molecule has 1 heterocycles. The van der Waals surface area contributed by atoms with Gasteiger partial charge in [0.15, 0.2) is 11.6 Å². The maximum atomic E-state index is 13.4. The molecule has 0 aliphatic carbocycles. The van der Waals surface area contributed by atoms with Crippen LogP contribution in [0.2, 0.25) is 0 Å². The summed E-state index contributed by atoms with van der Waals surface area (Å²) < 4.78 is 15.3. The molecule has 2 N–H and O–H groups in total. The van der Waals surface area contributed by atoms with Crippen molar-refractivity contribution in [3.05, 3.63) is 60.2 Å². The molecular formula is C18H18FN3O2. The molecule has 1 unspecified atom stereocenters. The zero-order valence-electron chi connectivity index (χ0n) is 13.2. The standard InChI is InChI=1S/C18H18FN3O2/c1-12(13-6-7-17(23)14(19)10-13)21-18(24)8-9-22-11-20-15-4-2-3-5-16(15)22/h2-7,10-12,23H,8-9H2,1H3,(H,21,24). The van der Waals surface area contributed by atoms with E-state index in [1.165, 1.54) is 12.1 Å². The van der Waals surface area contributed by atoms with Crippen LogP contribution in [0.3, 0.4) is 0 Å². The number of hydrogen-bond donors (Lipinski definition) is 2. The third kappa shape index (κ3) is 3.37. The zero-order chi connectivity index (χ0) is 17.1. The molecule has 1 atom stereocenters. The molecule has 0 aliphatic heterocycles. The van der Waals surface area contributed by atoms with Gasteiger partial charge in [0.25, 0.3) is 0 Å². The minimum Gasteiger partial charge on any atom is -0.505 e. The van der Waals surface area contributed by atoms with Gasteiger partial charge in [-0.1, -0.05) is 18.2 Å². The molecule has 0 saturated heterocycles. The number of nitrogens with zero attached hydrogens (tertiary/aromatic N) is 2. The molecule has 2 aromatic carbocycles. The molecule has 6 heteroatoms. The number of hydrogen-bond acceptors (Lipinski definition) is 3. The maximum Gasteiger partial charge on any atom is 0.222 e. The molecule has 124 valence electrons. The van der Waals surface area contributed by atoms with Gasteiger partial charge in [0, 0.05) is 13.0 Å². The van der Waals surface area contributed by atoms with Gasteiger partial charge < -0.3 is 15.0 Å². The molecule has 0 bridgehead atoms. The summed E-state index contributed by atoms with van der Waals surface area (Å²) in [7, 11) is 0. The number of nitrogens with one attached hydrogen (secondary N) is 1. The number of carbonyl (C=O) groups is 1. The number of para-hydroxylation sites is 2. The Morgan fingerprint density at radius 1 is 1.33 bits per heavy atom. The van der Waals surface area contributed by atoms with E-state index >= 15 is 0 Å². The lowest BCUT2D eigenvalue weighted by molar-refractivity contribution is -0.121. The van der Waals surface area contributed by atoms with Gasteiger partial charge in [0.2, 0.25) is 5.91 Å². The van der Waals surface area contributed by atoms with Crippen molar-refractivity contribution >= 4 is 16.9 Å². The normalized spacial score (nSPS) is 12.2. The Bertz CT molecular complexity index is 876. The van der Waals surface area contributed by atoms with E-state index in [-0.39, 0.29) is 11.9 Å². The predicted octanol–water partition coefficient (Wildman–Crippen LogP) is 3.15. The zero-order valence-corrected chi connectivity index (χ0v) is 13.2. The highest BCUT2D eigenvalue weighted by molar-refractivity contribution is 5.77. The molecule has 5 nitrogen and oxygen atoms in total. The van der Waals surface area contributed by atoms with Crippen molar-refractivity contribution in [1.82, 2.24) is 14.9 Å². The SMILES string of the molecule is CC(NC(=O)CCn1cnc2ccccc21)c1ccc(O)c(F)c1. The fourth-order valence-electron chi connectivity index (χ4n) is 2.60. The molecule has 1 aromatic heterocycles. The summed E-state index contributed by atoms with van der Waals surface area (Å²) in [6.45, 7) is 2.29. The quantitative estimate of drug-likeness (QED) is 0.756. The van der Waals surface area contributed by atoms with Crippen molar-refractivity contribution in [2.75, 3.05) is 0 Å². The molecule has 3 rings (SSSR count). The lowest BCUT2D eigenvalue weighted by atomic mass is 10.1. The Morgan fingerprint density at radius 2 is 2.12 bits per heavy atom. The van der Waals surface area contributed by atoms with Gasteiger partial charge in [-0.25, -0.2) is 9.37 Å². The second-order valence-electron chi connectivity index (χ2n) is 5.68. The minimum absolute atomic E-state index is 0.131. The van der Waals surface area contributed by atoms with Gasteiger partial charge in [0.1, 0.15) is 0 Å². The molecule has 24 heavy (non-hydrogen) atoms. The van der Waals surface area contributed by atoms with Crippen molar-refractivity contribution < 1.29 is 14.3 Å². The van der Waals surface area contributed by atoms with Crippen LogP contribution in [0.5, 0.6) is 5.75 Å². The van der Waals surface area contributed by atoms with Crippen molar-refractivity contribution in [3.8, 4) is 5.75 Å². The number of imidazole rings is 1. The van der Waals surface area contributed by atoms with E-state index < -0.39 is 11.6 Å².